The van der Waals surface area contributed by atoms with Gasteiger partial charge in [-0.3, -0.25) is 11.3 Å². The van der Waals surface area contributed by atoms with E-state index in [9.17, 15) is 0 Å². The van der Waals surface area contributed by atoms with Gasteiger partial charge in [-0.2, -0.15) is 0 Å². The minimum Gasteiger partial charge on any atom is -0.271 e. The molecule has 5 heteroatoms. The number of rotatable bonds is 5. The Balaban J connectivity index is 1.83. The molecule has 2 heterocycles. The Morgan fingerprint density at radius 3 is 2.75 bits per heavy atom. The zero-order valence-corrected chi connectivity index (χ0v) is 12.9. The number of hydrazine groups is 1. The van der Waals surface area contributed by atoms with E-state index in [1.54, 1.807) is 11.3 Å². The van der Waals surface area contributed by atoms with Crippen LogP contribution < -0.4 is 11.3 Å². The molecule has 3 rings (SSSR count). The summed E-state index contributed by atoms with van der Waals surface area (Å²) in [7, 11) is 0. The van der Waals surface area contributed by atoms with E-state index in [0.717, 1.165) is 23.4 Å². The Kier molecular flexibility index (Phi) is 4.12. The third-order valence-electron chi connectivity index (χ3n) is 3.29. The van der Waals surface area contributed by atoms with Gasteiger partial charge in [0.1, 0.15) is 0 Å². The van der Waals surface area contributed by atoms with Gasteiger partial charge in [-0.1, -0.05) is 19.1 Å². The van der Waals surface area contributed by atoms with Crippen molar-refractivity contribution in [2.24, 2.45) is 5.84 Å². The fourth-order valence-electron chi connectivity index (χ4n) is 2.20. The zero-order chi connectivity index (χ0) is 13.9. The van der Waals surface area contributed by atoms with Crippen LogP contribution >= 0.6 is 22.7 Å². The van der Waals surface area contributed by atoms with Crippen molar-refractivity contribution in [3.8, 4) is 0 Å². The highest BCUT2D eigenvalue weighted by atomic mass is 32.1. The lowest BCUT2D eigenvalue weighted by Gasteiger charge is -2.12. The van der Waals surface area contributed by atoms with Crippen LogP contribution in [0.4, 0.5) is 0 Å². The normalized spacial score (nSPS) is 12.9. The quantitative estimate of drug-likeness (QED) is 0.558. The van der Waals surface area contributed by atoms with E-state index >= 15 is 0 Å². The molecular formula is C15H17N3S2. The predicted octanol–water partition coefficient (Wildman–Crippen LogP) is 3.67. The van der Waals surface area contributed by atoms with Crippen LogP contribution in [0.5, 0.6) is 0 Å². The number of para-hydroxylation sites is 1. The van der Waals surface area contributed by atoms with Crippen LogP contribution in [0.15, 0.2) is 36.4 Å². The van der Waals surface area contributed by atoms with Gasteiger partial charge < -0.3 is 0 Å². The average Bonchev–Trinajstić information content (AvgIpc) is 3.10. The van der Waals surface area contributed by atoms with Crippen LogP contribution in [0.1, 0.15) is 27.7 Å². The van der Waals surface area contributed by atoms with Crippen molar-refractivity contribution in [2.75, 3.05) is 0 Å². The summed E-state index contributed by atoms with van der Waals surface area (Å²) in [5.74, 6) is 5.73. The fraction of sp³-hybridized carbons (Fsp3) is 0.267. The second kappa shape index (κ2) is 6.01. The molecule has 0 bridgehead atoms. The molecule has 0 spiro atoms. The van der Waals surface area contributed by atoms with Gasteiger partial charge in [-0.25, -0.2) is 4.98 Å². The Morgan fingerprint density at radius 2 is 2.05 bits per heavy atom. The molecule has 3 aromatic rings. The summed E-state index contributed by atoms with van der Waals surface area (Å²) in [5, 5.41) is 1.13. The molecule has 0 amide bonds. The first-order valence-electron chi connectivity index (χ1n) is 6.69. The molecule has 1 unspecified atom stereocenters. The molecule has 0 aliphatic heterocycles. The molecule has 0 fully saturated rings. The number of fused-ring (bicyclic) bond motifs is 1. The highest BCUT2D eigenvalue weighted by Crippen LogP contribution is 2.29. The Morgan fingerprint density at radius 1 is 1.20 bits per heavy atom. The summed E-state index contributed by atoms with van der Waals surface area (Å²) in [4.78, 5) is 7.35. The fourth-order valence-corrected chi connectivity index (χ4v) is 4.22. The lowest BCUT2D eigenvalue weighted by molar-refractivity contribution is 0.560. The first kappa shape index (κ1) is 13.7. The molecule has 20 heavy (non-hydrogen) atoms. The lowest BCUT2D eigenvalue weighted by Crippen LogP contribution is -2.28. The van der Waals surface area contributed by atoms with Crippen molar-refractivity contribution < 1.29 is 0 Å². The van der Waals surface area contributed by atoms with Gasteiger partial charge in [0.05, 0.1) is 21.3 Å². The van der Waals surface area contributed by atoms with Crippen molar-refractivity contribution in [3.05, 3.63) is 51.2 Å². The number of benzene rings is 1. The molecule has 3 nitrogen and oxygen atoms in total. The lowest BCUT2D eigenvalue weighted by atomic mass is 10.2. The maximum atomic E-state index is 5.73. The van der Waals surface area contributed by atoms with E-state index in [-0.39, 0.29) is 6.04 Å². The van der Waals surface area contributed by atoms with Gasteiger partial charge in [0.25, 0.3) is 0 Å². The molecule has 0 saturated carbocycles. The maximum Gasteiger partial charge on any atom is 0.0958 e. The van der Waals surface area contributed by atoms with Crippen molar-refractivity contribution in [2.45, 2.75) is 25.8 Å². The van der Waals surface area contributed by atoms with Crippen molar-refractivity contribution in [1.82, 2.24) is 10.4 Å². The first-order chi connectivity index (χ1) is 9.80. The number of aromatic nitrogens is 1. The average molecular weight is 303 g/mol. The number of nitrogens with zero attached hydrogens (tertiary/aromatic N) is 1. The minimum absolute atomic E-state index is 0.140. The summed E-state index contributed by atoms with van der Waals surface area (Å²) in [5.41, 5.74) is 4.00. The largest absolute Gasteiger partial charge is 0.271 e. The predicted molar refractivity (Wildman–Crippen MR) is 87.1 cm³/mol. The Bertz CT molecular complexity index is 669. The molecule has 1 atom stereocenters. The van der Waals surface area contributed by atoms with E-state index in [1.165, 1.54) is 14.5 Å². The summed E-state index contributed by atoms with van der Waals surface area (Å²) in [6.07, 6.45) is 1.91. The van der Waals surface area contributed by atoms with E-state index in [0.29, 0.717) is 0 Å². The highest BCUT2D eigenvalue weighted by molar-refractivity contribution is 7.18. The summed E-state index contributed by atoms with van der Waals surface area (Å²) >= 11 is 3.57. The number of hydrogen-bond acceptors (Lipinski definition) is 5. The third-order valence-corrected chi connectivity index (χ3v) is 5.69. The summed E-state index contributed by atoms with van der Waals surface area (Å²) in [6, 6.07) is 12.7. The van der Waals surface area contributed by atoms with Gasteiger partial charge in [-0.05, 0) is 30.7 Å². The van der Waals surface area contributed by atoms with Crippen molar-refractivity contribution in [3.63, 3.8) is 0 Å². The second-order valence-corrected chi connectivity index (χ2v) is 6.97. The topological polar surface area (TPSA) is 50.9 Å². The second-order valence-electron chi connectivity index (χ2n) is 4.66. The molecule has 0 radical (unpaired) electrons. The van der Waals surface area contributed by atoms with Gasteiger partial charge in [0.15, 0.2) is 0 Å². The molecule has 2 aromatic heterocycles. The van der Waals surface area contributed by atoms with Crippen molar-refractivity contribution in [1.29, 1.82) is 0 Å². The molecule has 104 valence electrons. The standard InChI is InChI=1S/C15H17N3S2/c1-2-10-7-8-14(19-10)12(18-16)9-15-17-11-5-3-4-6-13(11)20-15/h3-8,12,18H,2,9,16H2,1H3. The van der Waals surface area contributed by atoms with Crippen LogP contribution in [-0.2, 0) is 12.8 Å². The van der Waals surface area contributed by atoms with Crippen LogP contribution in [0.2, 0.25) is 0 Å². The van der Waals surface area contributed by atoms with Crippen LogP contribution in [-0.4, -0.2) is 4.98 Å². The molecule has 0 aliphatic carbocycles. The van der Waals surface area contributed by atoms with E-state index in [1.807, 2.05) is 17.4 Å². The highest BCUT2D eigenvalue weighted by Gasteiger charge is 2.15. The van der Waals surface area contributed by atoms with Gasteiger partial charge in [-0.15, -0.1) is 22.7 Å². The van der Waals surface area contributed by atoms with Gasteiger partial charge in [0, 0.05) is 16.2 Å². The number of nitrogens with one attached hydrogen (secondary N) is 1. The number of hydrogen-bond donors (Lipinski definition) is 2. The molecular weight excluding hydrogens is 286 g/mol. The zero-order valence-electron chi connectivity index (χ0n) is 11.3. The monoisotopic (exact) mass is 303 g/mol. The Labute approximate surface area is 126 Å². The van der Waals surface area contributed by atoms with Crippen LogP contribution in [0, 0.1) is 0 Å². The summed E-state index contributed by atoms with van der Waals surface area (Å²) in [6.45, 7) is 2.17. The first-order valence-corrected chi connectivity index (χ1v) is 8.32. The minimum atomic E-state index is 0.140. The molecule has 0 aliphatic rings. The number of nitrogens with two attached hydrogens (primary N) is 1. The smallest absolute Gasteiger partial charge is 0.0958 e. The van der Waals surface area contributed by atoms with Crippen LogP contribution in [0.25, 0.3) is 10.2 Å². The van der Waals surface area contributed by atoms with Gasteiger partial charge >= 0.3 is 0 Å². The molecule has 1 aromatic carbocycles. The number of aryl methyl sites for hydroxylation is 1. The van der Waals surface area contributed by atoms with Gasteiger partial charge in [0.2, 0.25) is 0 Å². The number of thiazole rings is 1. The van der Waals surface area contributed by atoms with E-state index < -0.39 is 0 Å². The Hall–Kier alpha value is -1.27. The molecule has 0 saturated heterocycles. The maximum absolute atomic E-state index is 5.73. The SMILES string of the molecule is CCc1ccc(C(Cc2nc3ccccc3s2)NN)s1. The number of thiophene rings is 1. The van der Waals surface area contributed by atoms with Crippen LogP contribution in [0.3, 0.4) is 0 Å². The third kappa shape index (κ3) is 2.76. The van der Waals surface area contributed by atoms with E-state index in [4.69, 9.17) is 5.84 Å². The van der Waals surface area contributed by atoms with Crippen molar-refractivity contribution >= 4 is 32.9 Å². The molecule has 3 N–H and O–H groups in total. The summed E-state index contributed by atoms with van der Waals surface area (Å²) < 4.78 is 1.23. The van der Waals surface area contributed by atoms with E-state index in [2.05, 4.69) is 47.7 Å².